The number of carbonyl (C=O) groups is 1. The summed E-state index contributed by atoms with van der Waals surface area (Å²) in [6.07, 6.45) is 6.11. The first-order chi connectivity index (χ1) is 15.2. The number of para-hydroxylation sites is 3. The van der Waals surface area contributed by atoms with Crippen LogP contribution in [0.4, 0.5) is 0 Å². The Morgan fingerprint density at radius 1 is 1.23 bits per heavy atom. The normalized spacial score (nSPS) is 16.0. The van der Waals surface area contributed by atoms with Gasteiger partial charge in [-0.25, -0.2) is 4.98 Å². The molecule has 0 aliphatic carbocycles. The minimum Gasteiger partial charge on any atom is -0.493 e. The summed E-state index contributed by atoms with van der Waals surface area (Å²) in [6, 6.07) is 16.4. The lowest BCUT2D eigenvalue weighted by Crippen LogP contribution is -2.31. The van der Waals surface area contributed by atoms with Crippen LogP contribution in [0.3, 0.4) is 0 Å². The van der Waals surface area contributed by atoms with Gasteiger partial charge in [0.2, 0.25) is 5.91 Å². The zero-order chi connectivity index (χ0) is 21.6. The summed E-state index contributed by atoms with van der Waals surface area (Å²) in [7, 11) is 0. The van der Waals surface area contributed by atoms with E-state index in [0.717, 1.165) is 66.9 Å². The number of fused-ring (bicyclic) bond motifs is 1. The van der Waals surface area contributed by atoms with E-state index in [9.17, 15) is 4.79 Å². The van der Waals surface area contributed by atoms with Gasteiger partial charge in [-0.1, -0.05) is 43.3 Å². The quantitative estimate of drug-likeness (QED) is 0.350. The number of imidazole rings is 1. The molecule has 2 aromatic carbocycles. The monoisotopic (exact) mass is 417 g/mol. The molecule has 4 rings (SSSR count). The lowest BCUT2D eigenvalue weighted by Gasteiger charge is -2.25. The Labute approximate surface area is 184 Å². The van der Waals surface area contributed by atoms with Crippen molar-refractivity contribution >= 4 is 16.9 Å². The molecule has 0 saturated carbocycles. The Balaban J connectivity index is 1.52. The molecule has 0 radical (unpaired) electrons. The predicted octanol–water partition coefficient (Wildman–Crippen LogP) is 5.31. The van der Waals surface area contributed by atoms with E-state index >= 15 is 0 Å². The summed E-state index contributed by atoms with van der Waals surface area (Å²) in [5, 5.41) is 0. The van der Waals surface area contributed by atoms with Crippen LogP contribution in [-0.4, -0.2) is 33.5 Å². The first kappa shape index (κ1) is 21.2. The molecule has 1 aliphatic heterocycles. The maximum atomic E-state index is 12.5. The standard InChI is InChI=1S/C26H31N3O2/c1-3-11-20-12-5-8-16-24(20)31-19-10-18-29-22-14-7-6-13-21(22)27-26(29)23-15-9-17-28(23)25(30)4-2/h3,5-8,12-14,16,23H,1,4,9-11,15,17-19H2,2H3/t23-/m0/s1. The van der Waals surface area contributed by atoms with Crippen LogP contribution in [0, 0.1) is 0 Å². The fourth-order valence-corrected chi connectivity index (χ4v) is 4.49. The molecule has 3 aromatic rings. The van der Waals surface area contributed by atoms with E-state index in [1.54, 1.807) is 0 Å². The summed E-state index contributed by atoms with van der Waals surface area (Å²) in [5.74, 6) is 2.14. The van der Waals surface area contributed by atoms with E-state index in [2.05, 4.69) is 35.4 Å². The maximum Gasteiger partial charge on any atom is 0.222 e. The number of likely N-dealkylation sites (tertiary alicyclic amines) is 1. The number of allylic oxidation sites excluding steroid dienone is 1. The van der Waals surface area contributed by atoms with Gasteiger partial charge in [-0.2, -0.15) is 0 Å². The minimum absolute atomic E-state index is 0.0640. The lowest BCUT2D eigenvalue weighted by atomic mass is 10.1. The number of rotatable bonds is 9. The molecule has 5 heteroatoms. The van der Waals surface area contributed by atoms with Crippen LogP contribution in [0.15, 0.2) is 61.2 Å². The third-order valence-electron chi connectivity index (χ3n) is 5.98. The van der Waals surface area contributed by atoms with E-state index in [1.165, 1.54) is 0 Å². The Hall–Kier alpha value is -3.08. The summed E-state index contributed by atoms with van der Waals surface area (Å²) < 4.78 is 8.39. The molecule has 162 valence electrons. The van der Waals surface area contributed by atoms with Gasteiger partial charge < -0.3 is 14.2 Å². The number of aryl methyl sites for hydroxylation is 1. The van der Waals surface area contributed by atoms with Crippen molar-refractivity contribution in [1.82, 2.24) is 14.5 Å². The van der Waals surface area contributed by atoms with Gasteiger partial charge in [-0.3, -0.25) is 4.79 Å². The number of hydrogen-bond donors (Lipinski definition) is 0. The first-order valence-electron chi connectivity index (χ1n) is 11.3. The highest BCUT2D eigenvalue weighted by molar-refractivity contribution is 5.78. The van der Waals surface area contributed by atoms with Crippen LogP contribution in [0.5, 0.6) is 5.75 Å². The second-order valence-corrected chi connectivity index (χ2v) is 8.01. The number of nitrogens with zero attached hydrogens (tertiary/aromatic N) is 3. The highest BCUT2D eigenvalue weighted by Gasteiger charge is 2.32. The third kappa shape index (κ3) is 4.50. The van der Waals surface area contributed by atoms with Crippen molar-refractivity contribution in [2.45, 2.75) is 51.6 Å². The molecule has 1 fully saturated rings. The minimum atomic E-state index is 0.0640. The topological polar surface area (TPSA) is 47.4 Å². The maximum absolute atomic E-state index is 12.5. The largest absolute Gasteiger partial charge is 0.493 e. The highest BCUT2D eigenvalue weighted by atomic mass is 16.5. The van der Waals surface area contributed by atoms with E-state index in [4.69, 9.17) is 9.72 Å². The summed E-state index contributed by atoms with van der Waals surface area (Å²) >= 11 is 0. The molecule has 1 amide bonds. The summed E-state index contributed by atoms with van der Waals surface area (Å²) in [5.41, 5.74) is 3.27. The molecule has 1 aromatic heterocycles. The molecule has 5 nitrogen and oxygen atoms in total. The van der Waals surface area contributed by atoms with Crippen LogP contribution in [0.25, 0.3) is 11.0 Å². The summed E-state index contributed by atoms with van der Waals surface area (Å²) in [4.78, 5) is 19.5. The van der Waals surface area contributed by atoms with Gasteiger partial charge in [0.15, 0.2) is 0 Å². The van der Waals surface area contributed by atoms with E-state index in [0.29, 0.717) is 13.0 Å². The third-order valence-corrected chi connectivity index (χ3v) is 5.98. The van der Waals surface area contributed by atoms with E-state index < -0.39 is 0 Å². The molecule has 0 bridgehead atoms. The molecule has 1 aliphatic rings. The molecule has 31 heavy (non-hydrogen) atoms. The number of ether oxygens (including phenoxy) is 1. The van der Waals surface area contributed by atoms with E-state index in [1.807, 2.05) is 42.2 Å². The molecule has 0 unspecified atom stereocenters. The molecular weight excluding hydrogens is 386 g/mol. The van der Waals surface area contributed by atoms with Crippen molar-refractivity contribution in [2.75, 3.05) is 13.2 Å². The van der Waals surface area contributed by atoms with Crippen molar-refractivity contribution in [3.63, 3.8) is 0 Å². The fourth-order valence-electron chi connectivity index (χ4n) is 4.49. The molecule has 0 N–H and O–H groups in total. The Kier molecular flexibility index (Phi) is 6.70. The van der Waals surface area contributed by atoms with Gasteiger partial charge in [-0.05, 0) is 49.4 Å². The zero-order valence-corrected chi connectivity index (χ0v) is 18.3. The number of amides is 1. The second-order valence-electron chi connectivity index (χ2n) is 8.01. The lowest BCUT2D eigenvalue weighted by molar-refractivity contribution is -0.131. The van der Waals surface area contributed by atoms with Gasteiger partial charge in [0.1, 0.15) is 11.6 Å². The van der Waals surface area contributed by atoms with Gasteiger partial charge in [0.05, 0.1) is 23.7 Å². The SMILES string of the molecule is C=CCc1ccccc1OCCCn1c([C@@H]2CCCN2C(=O)CC)nc2ccccc21. The Morgan fingerprint density at radius 2 is 2.03 bits per heavy atom. The number of benzene rings is 2. The van der Waals surface area contributed by atoms with Gasteiger partial charge in [0.25, 0.3) is 0 Å². The van der Waals surface area contributed by atoms with E-state index in [-0.39, 0.29) is 11.9 Å². The van der Waals surface area contributed by atoms with Crippen LogP contribution in [0.1, 0.15) is 50.0 Å². The second kappa shape index (κ2) is 9.82. The van der Waals surface area contributed by atoms with Gasteiger partial charge >= 0.3 is 0 Å². The summed E-state index contributed by atoms with van der Waals surface area (Å²) in [6.45, 7) is 8.03. The molecule has 0 spiro atoms. The van der Waals surface area contributed by atoms with Crippen molar-refractivity contribution < 1.29 is 9.53 Å². The van der Waals surface area contributed by atoms with Gasteiger partial charge in [0, 0.05) is 19.5 Å². The molecule has 1 atom stereocenters. The molecule has 2 heterocycles. The van der Waals surface area contributed by atoms with Crippen molar-refractivity contribution in [3.05, 3.63) is 72.6 Å². The highest BCUT2D eigenvalue weighted by Crippen LogP contribution is 2.34. The Morgan fingerprint density at radius 3 is 2.87 bits per heavy atom. The zero-order valence-electron chi connectivity index (χ0n) is 18.3. The van der Waals surface area contributed by atoms with Crippen molar-refractivity contribution in [3.8, 4) is 5.75 Å². The Bertz CT molecular complexity index is 1060. The van der Waals surface area contributed by atoms with Crippen LogP contribution < -0.4 is 4.74 Å². The average Bonchev–Trinajstić information content (AvgIpc) is 3.42. The van der Waals surface area contributed by atoms with Crippen LogP contribution in [-0.2, 0) is 17.8 Å². The fraction of sp³-hybridized carbons (Fsp3) is 0.385. The van der Waals surface area contributed by atoms with Crippen LogP contribution >= 0.6 is 0 Å². The first-order valence-corrected chi connectivity index (χ1v) is 11.3. The molecule has 1 saturated heterocycles. The van der Waals surface area contributed by atoms with Crippen molar-refractivity contribution in [2.24, 2.45) is 0 Å². The molecular formula is C26H31N3O2. The van der Waals surface area contributed by atoms with Crippen molar-refractivity contribution in [1.29, 1.82) is 0 Å². The smallest absolute Gasteiger partial charge is 0.222 e. The van der Waals surface area contributed by atoms with Gasteiger partial charge in [-0.15, -0.1) is 6.58 Å². The number of aromatic nitrogens is 2. The number of carbonyl (C=O) groups excluding carboxylic acids is 1. The predicted molar refractivity (Wildman–Crippen MR) is 124 cm³/mol. The van der Waals surface area contributed by atoms with Crippen LogP contribution in [0.2, 0.25) is 0 Å². The average molecular weight is 418 g/mol. The number of hydrogen-bond acceptors (Lipinski definition) is 3.